The first-order chi connectivity index (χ1) is 7.08. The number of rotatable bonds is 2. The van der Waals surface area contributed by atoms with Crippen LogP contribution < -0.4 is 5.73 Å². The number of hydrogen-bond acceptors (Lipinski definition) is 4. The van der Waals surface area contributed by atoms with Gasteiger partial charge in [0.05, 0.1) is 25.2 Å². The quantitative estimate of drug-likeness (QED) is 0.579. The topological polar surface area (TPSA) is 76.1 Å². The van der Waals surface area contributed by atoms with E-state index >= 15 is 0 Å². The van der Waals surface area contributed by atoms with E-state index in [0.717, 1.165) is 11.1 Å². The molecule has 0 spiro atoms. The van der Waals surface area contributed by atoms with Crippen LogP contribution in [0.1, 0.15) is 16.7 Å². The maximum atomic E-state index is 11.1. The molecule has 0 unspecified atom stereocenters. The molecule has 15 heavy (non-hydrogen) atoms. The summed E-state index contributed by atoms with van der Waals surface area (Å²) in [6, 6.07) is 5.24. The van der Waals surface area contributed by atoms with Crippen LogP contribution in [0.4, 0.5) is 5.69 Å². The molecule has 4 heteroatoms. The lowest BCUT2D eigenvalue weighted by atomic mass is 10.0. The number of carbonyl (C=O) groups is 1. The fourth-order valence-electron chi connectivity index (χ4n) is 1.27. The van der Waals surface area contributed by atoms with E-state index in [9.17, 15) is 4.79 Å². The Balaban J connectivity index is 3.12. The summed E-state index contributed by atoms with van der Waals surface area (Å²) in [5.41, 5.74) is 8.24. The van der Waals surface area contributed by atoms with Gasteiger partial charge in [0.1, 0.15) is 0 Å². The molecule has 0 fully saturated rings. The first-order valence-corrected chi connectivity index (χ1v) is 4.44. The minimum Gasteiger partial charge on any atom is -0.469 e. The summed E-state index contributed by atoms with van der Waals surface area (Å²) in [6.07, 6.45) is 0.141. The van der Waals surface area contributed by atoms with E-state index in [0.29, 0.717) is 11.3 Å². The third kappa shape index (κ3) is 2.47. The molecule has 0 amide bonds. The zero-order valence-electron chi connectivity index (χ0n) is 8.70. The lowest BCUT2D eigenvalue weighted by Crippen LogP contribution is -2.07. The maximum Gasteiger partial charge on any atom is 0.309 e. The lowest BCUT2D eigenvalue weighted by Gasteiger charge is -2.08. The highest BCUT2D eigenvalue weighted by Gasteiger charge is 2.09. The Hall–Kier alpha value is -2.02. The third-order valence-corrected chi connectivity index (χ3v) is 2.25. The molecule has 0 heterocycles. The highest BCUT2D eigenvalue weighted by molar-refractivity contribution is 5.74. The van der Waals surface area contributed by atoms with Crippen LogP contribution >= 0.6 is 0 Å². The van der Waals surface area contributed by atoms with Gasteiger partial charge in [0.2, 0.25) is 0 Å². The van der Waals surface area contributed by atoms with Crippen molar-refractivity contribution < 1.29 is 9.53 Å². The van der Waals surface area contributed by atoms with Crippen molar-refractivity contribution >= 4 is 11.7 Å². The Kier molecular flexibility index (Phi) is 3.29. The molecule has 78 valence electrons. The first kappa shape index (κ1) is 11.1. The van der Waals surface area contributed by atoms with Crippen LogP contribution in [-0.2, 0) is 16.0 Å². The highest BCUT2D eigenvalue weighted by Crippen LogP contribution is 2.19. The predicted octanol–water partition coefficient (Wildman–Crippen LogP) is 1.16. The van der Waals surface area contributed by atoms with E-state index in [1.165, 1.54) is 7.11 Å². The third-order valence-electron chi connectivity index (χ3n) is 2.25. The summed E-state index contributed by atoms with van der Waals surface area (Å²) in [5, 5.41) is 8.75. The molecule has 0 aliphatic carbocycles. The fraction of sp³-hybridized carbons (Fsp3) is 0.273. The summed E-state index contributed by atoms with van der Waals surface area (Å²) < 4.78 is 4.56. The van der Waals surface area contributed by atoms with Gasteiger partial charge in [-0.3, -0.25) is 4.79 Å². The van der Waals surface area contributed by atoms with Crippen molar-refractivity contribution in [3.05, 3.63) is 28.8 Å². The minimum atomic E-state index is -0.340. The van der Waals surface area contributed by atoms with E-state index in [-0.39, 0.29) is 12.4 Å². The van der Waals surface area contributed by atoms with Crippen LogP contribution in [0.3, 0.4) is 0 Å². The number of methoxy groups -OCH3 is 1. The molecule has 0 aliphatic heterocycles. The number of ether oxygens (including phenoxy) is 1. The smallest absolute Gasteiger partial charge is 0.309 e. The summed E-state index contributed by atoms with van der Waals surface area (Å²) in [4.78, 5) is 11.1. The van der Waals surface area contributed by atoms with Gasteiger partial charge in [0, 0.05) is 5.69 Å². The van der Waals surface area contributed by atoms with Crippen LogP contribution in [0.25, 0.3) is 0 Å². The average Bonchev–Trinajstić information content (AvgIpc) is 2.24. The average molecular weight is 204 g/mol. The van der Waals surface area contributed by atoms with Gasteiger partial charge in [-0.25, -0.2) is 0 Å². The number of hydrogen-bond donors (Lipinski definition) is 1. The van der Waals surface area contributed by atoms with Gasteiger partial charge in [0.25, 0.3) is 0 Å². The van der Waals surface area contributed by atoms with Crippen molar-refractivity contribution in [2.24, 2.45) is 0 Å². The Morgan fingerprint density at radius 1 is 1.60 bits per heavy atom. The molecule has 1 aromatic carbocycles. The molecular weight excluding hydrogens is 192 g/mol. The standard InChI is InChI=1S/C11H12N2O2/c1-7-9(5-11(14)15-2)3-8(6-12)4-10(7)13/h3-4H,5,13H2,1-2H3. The number of carbonyl (C=O) groups excluding carboxylic acids is 1. The van der Waals surface area contributed by atoms with E-state index in [2.05, 4.69) is 4.74 Å². The van der Waals surface area contributed by atoms with Gasteiger partial charge in [-0.1, -0.05) is 0 Å². The Labute approximate surface area is 88.3 Å². The van der Waals surface area contributed by atoms with Gasteiger partial charge >= 0.3 is 5.97 Å². The van der Waals surface area contributed by atoms with E-state index in [1.54, 1.807) is 12.1 Å². The van der Waals surface area contributed by atoms with Gasteiger partial charge < -0.3 is 10.5 Å². The molecular formula is C11H12N2O2. The summed E-state index contributed by atoms with van der Waals surface area (Å²) >= 11 is 0. The monoisotopic (exact) mass is 204 g/mol. The van der Waals surface area contributed by atoms with E-state index in [4.69, 9.17) is 11.0 Å². The predicted molar refractivity (Wildman–Crippen MR) is 56.0 cm³/mol. The molecule has 0 aliphatic rings. The number of nitriles is 1. The molecule has 1 aromatic rings. The second kappa shape index (κ2) is 4.47. The zero-order chi connectivity index (χ0) is 11.4. The highest BCUT2D eigenvalue weighted by atomic mass is 16.5. The van der Waals surface area contributed by atoms with Crippen LogP contribution in [-0.4, -0.2) is 13.1 Å². The minimum absolute atomic E-state index is 0.141. The van der Waals surface area contributed by atoms with Crippen LogP contribution in [0.5, 0.6) is 0 Å². The molecule has 0 radical (unpaired) electrons. The zero-order valence-corrected chi connectivity index (χ0v) is 8.70. The number of esters is 1. The number of benzene rings is 1. The Morgan fingerprint density at radius 2 is 2.27 bits per heavy atom. The van der Waals surface area contributed by atoms with Gasteiger partial charge in [-0.05, 0) is 30.2 Å². The normalized spacial score (nSPS) is 9.40. The SMILES string of the molecule is COC(=O)Cc1cc(C#N)cc(N)c1C. The largest absolute Gasteiger partial charge is 0.469 e. The molecule has 4 nitrogen and oxygen atoms in total. The molecule has 0 aromatic heterocycles. The van der Waals surface area contributed by atoms with E-state index < -0.39 is 0 Å². The Morgan fingerprint density at radius 3 is 2.80 bits per heavy atom. The lowest BCUT2D eigenvalue weighted by molar-refractivity contribution is -0.139. The van der Waals surface area contributed by atoms with Crippen LogP contribution in [0.15, 0.2) is 12.1 Å². The summed E-state index contributed by atoms with van der Waals surface area (Å²) in [6.45, 7) is 1.81. The maximum absolute atomic E-state index is 11.1. The Bertz CT molecular complexity index is 433. The van der Waals surface area contributed by atoms with Crippen molar-refractivity contribution in [3.63, 3.8) is 0 Å². The van der Waals surface area contributed by atoms with Crippen LogP contribution in [0, 0.1) is 18.3 Å². The van der Waals surface area contributed by atoms with Crippen molar-refractivity contribution in [2.75, 3.05) is 12.8 Å². The van der Waals surface area contributed by atoms with Gasteiger partial charge in [-0.2, -0.15) is 5.26 Å². The van der Waals surface area contributed by atoms with Gasteiger partial charge in [0.15, 0.2) is 0 Å². The fourth-order valence-corrected chi connectivity index (χ4v) is 1.27. The molecule has 0 saturated carbocycles. The molecule has 0 saturated heterocycles. The van der Waals surface area contributed by atoms with Crippen molar-refractivity contribution in [3.8, 4) is 6.07 Å². The molecule has 0 bridgehead atoms. The molecule has 2 N–H and O–H groups in total. The number of anilines is 1. The molecule has 1 rings (SSSR count). The number of nitrogens with zero attached hydrogens (tertiary/aromatic N) is 1. The second-order valence-electron chi connectivity index (χ2n) is 3.21. The van der Waals surface area contributed by atoms with Crippen molar-refractivity contribution in [1.82, 2.24) is 0 Å². The van der Waals surface area contributed by atoms with Gasteiger partial charge in [-0.15, -0.1) is 0 Å². The number of nitrogens with two attached hydrogens (primary N) is 1. The number of nitrogen functional groups attached to an aromatic ring is 1. The van der Waals surface area contributed by atoms with Crippen molar-refractivity contribution in [2.45, 2.75) is 13.3 Å². The molecule has 0 atom stereocenters. The second-order valence-corrected chi connectivity index (χ2v) is 3.21. The first-order valence-electron chi connectivity index (χ1n) is 4.44. The van der Waals surface area contributed by atoms with Crippen LogP contribution in [0.2, 0.25) is 0 Å². The summed E-state index contributed by atoms with van der Waals surface area (Å²) in [7, 11) is 1.33. The van der Waals surface area contributed by atoms with Crippen molar-refractivity contribution in [1.29, 1.82) is 5.26 Å². The summed E-state index contributed by atoms with van der Waals surface area (Å²) in [5.74, 6) is -0.340. The van der Waals surface area contributed by atoms with E-state index in [1.807, 2.05) is 13.0 Å².